The van der Waals surface area contributed by atoms with E-state index in [1.54, 1.807) is 24.4 Å². The molecule has 0 amide bonds. The average molecular weight is 224 g/mol. The fourth-order valence-electron chi connectivity index (χ4n) is 1.81. The molecule has 0 bridgehead atoms. The normalized spacial score (nSPS) is 20.1. The van der Waals surface area contributed by atoms with Gasteiger partial charge >= 0.3 is 0 Å². The summed E-state index contributed by atoms with van der Waals surface area (Å²) in [4.78, 5) is 19.2. The Labute approximate surface area is 97.6 Å². The summed E-state index contributed by atoms with van der Waals surface area (Å²) in [7, 11) is 0. The Morgan fingerprint density at radius 2 is 1.88 bits per heavy atom. The van der Waals surface area contributed by atoms with Crippen molar-refractivity contribution >= 4 is 28.4 Å². The summed E-state index contributed by atoms with van der Waals surface area (Å²) < 4.78 is 0.828. The molecule has 0 radical (unpaired) electrons. The highest BCUT2D eigenvalue weighted by Gasteiger charge is 2.18. The van der Waals surface area contributed by atoms with Crippen molar-refractivity contribution in [3.8, 4) is 0 Å². The SMILES string of the molecule is O=[N+]1/C=C/C=C\C=N\c2cc3c[nH]cc3cc21. The lowest BCUT2D eigenvalue weighted by molar-refractivity contribution is -0.383. The molecule has 2 heterocycles. The lowest BCUT2D eigenvalue weighted by Crippen LogP contribution is -1.89. The molecule has 2 aromatic rings. The first-order valence-corrected chi connectivity index (χ1v) is 5.29. The van der Waals surface area contributed by atoms with E-state index in [9.17, 15) is 4.91 Å². The summed E-state index contributed by atoms with van der Waals surface area (Å²) in [5.74, 6) is 0. The Morgan fingerprint density at radius 1 is 1.06 bits per heavy atom. The van der Waals surface area contributed by atoms with Gasteiger partial charge in [0, 0.05) is 46.4 Å². The van der Waals surface area contributed by atoms with Crippen LogP contribution < -0.4 is 0 Å². The van der Waals surface area contributed by atoms with Crippen LogP contribution in [0.2, 0.25) is 0 Å². The number of allylic oxidation sites excluding steroid dienone is 3. The topological polar surface area (TPSA) is 48.2 Å². The Morgan fingerprint density at radius 3 is 2.76 bits per heavy atom. The van der Waals surface area contributed by atoms with E-state index in [0.29, 0.717) is 11.4 Å². The maximum absolute atomic E-state index is 11.9. The van der Waals surface area contributed by atoms with E-state index < -0.39 is 0 Å². The highest BCUT2D eigenvalue weighted by atomic mass is 16.3. The van der Waals surface area contributed by atoms with Gasteiger partial charge in [0.15, 0.2) is 0 Å². The third-order valence-corrected chi connectivity index (χ3v) is 2.64. The van der Waals surface area contributed by atoms with Gasteiger partial charge in [0.05, 0.1) is 4.76 Å². The van der Waals surface area contributed by atoms with Crippen LogP contribution in [0.1, 0.15) is 0 Å². The zero-order valence-electron chi connectivity index (χ0n) is 9.00. The van der Waals surface area contributed by atoms with Crippen molar-refractivity contribution in [3.63, 3.8) is 0 Å². The molecule has 1 aliphatic heterocycles. The minimum Gasteiger partial charge on any atom is -0.366 e. The number of H-pyrrole nitrogens is 1. The molecule has 0 aliphatic carbocycles. The molecule has 1 aliphatic rings. The van der Waals surface area contributed by atoms with Gasteiger partial charge in [-0.1, -0.05) is 6.08 Å². The number of hydrogen-bond donors (Lipinski definition) is 1. The van der Waals surface area contributed by atoms with E-state index in [-0.39, 0.29) is 0 Å². The zero-order valence-corrected chi connectivity index (χ0v) is 9.00. The number of rotatable bonds is 0. The number of aliphatic imine (C=N–C) groups is 1. The standard InChI is InChI=1S/C13H10N3O/c17-16-5-3-1-2-4-15-12-6-10-8-14-9-11(10)7-13(12)16/h1-9,14H/q+1/b2-1-,5-3+,15-4+. The van der Waals surface area contributed by atoms with Crippen LogP contribution in [0.5, 0.6) is 0 Å². The van der Waals surface area contributed by atoms with Crippen LogP contribution in [0.25, 0.3) is 10.8 Å². The van der Waals surface area contributed by atoms with Gasteiger partial charge in [-0.25, -0.2) is 4.99 Å². The molecule has 0 saturated carbocycles. The van der Waals surface area contributed by atoms with Crippen LogP contribution in [0, 0.1) is 4.91 Å². The number of hydrogen-bond acceptors (Lipinski definition) is 2. The quantitative estimate of drug-likeness (QED) is 0.685. The van der Waals surface area contributed by atoms with E-state index in [1.165, 1.54) is 6.20 Å². The zero-order chi connectivity index (χ0) is 11.7. The Balaban J connectivity index is 2.30. The van der Waals surface area contributed by atoms with Crippen LogP contribution in [0.3, 0.4) is 0 Å². The van der Waals surface area contributed by atoms with Gasteiger partial charge < -0.3 is 4.98 Å². The van der Waals surface area contributed by atoms with Gasteiger partial charge in [0.2, 0.25) is 6.20 Å². The lowest BCUT2D eigenvalue weighted by atomic mass is 10.1. The molecule has 0 atom stereocenters. The number of nitrogens with one attached hydrogen (secondary N) is 1. The largest absolute Gasteiger partial charge is 0.366 e. The molecule has 1 aromatic carbocycles. The Kier molecular flexibility index (Phi) is 2.19. The van der Waals surface area contributed by atoms with Crippen LogP contribution in [-0.4, -0.2) is 16.0 Å². The molecule has 3 rings (SSSR count). The molecule has 0 fully saturated rings. The van der Waals surface area contributed by atoms with Crippen LogP contribution in [0.15, 0.2) is 53.9 Å². The molecular weight excluding hydrogens is 214 g/mol. The first kappa shape index (κ1) is 9.72. The third kappa shape index (κ3) is 1.69. The number of aromatic amines is 1. The van der Waals surface area contributed by atoms with E-state index >= 15 is 0 Å². The van der Waals surface area contributed by atoms with Gasteiger partial charge in [0.1, 0.15) is 5.69 Å². The molecule has 0 spiro atoms. The van der Waals surface area contributed by atoms with E-state index in [2.05, 4.69) is 9.98 Å². The second-order valence-electron chi connectivity index (χ2n) is 3.76. The van der Waals surface area contributed by atoms with E-state index in [0.717, 1.165) is 15.5 Å². The predicted molar refractivity (Wildman–Crippen MR) is 68.0 cm³/mol. The number of aromatic nitrogens is 1. The number of benzene rings is 1. The Bertz CT molecular complexity index is 677. The molecule has 0 saturated heterocycles. The van der Waals surface area contributed by atoms with Crippen molar-refractivity contribution in [2.24, 2.45) is 4.99 Å². The van der Waals surface area contributed by atoms with E-state index in [4.69, 9.17) is 0 Å². The highest BCUT2D eigenvalue weighted by molar-refractivity contribution is 5.90. The number of nitroso groups, excluding NO2 is 1. The summed E-state index contributed by atoms with van der Waals surface area (Å²) in [5.41, 5.74) is 1.22. The second kappa shape index (κ2) is 3.83. The van der Waals surface area contributed by atoms with Crippen molar-refractivity contribution in [3.05, 3.63) is 53.9 Å². The fraction of sp³-hybridized carbons (Fsp3) is 0. The lowest BCUT2D eigenvalue weighted by Gasteiger charge is -1.96. The van der Waals surface area contributed by atoms with Crippen LogP contribution in [-0.2, 0) is 0 Å². The molecule has 1 aromatic heterocycles. The summed E-state index contributed by atoms with van der Waals surface area (Å²) in [5, 5.41) is 2.04. The average Bonchev–Trinajstić information content (AvgIpc) is 2.80. The summed E-state index contributed by atoms with van der Waals surface area (Å²) in [6.07, 6.45) is 12.2. The van der Waals surface area contributed by atoms with E-state index in [1.807, 2.05) is 24.5 Å². The van der Waals surface area contributed by atoms with Crippen molar-refractivity contribution in [2.45, 2.75) is 0 Å². The molecule has 1 N–H and O–H groups in total. The molecular formula is C13H10N3O+. The summed E-state index contributed by atoms with van der Waals surface area (Å²) >= 11 is 0. The van der Waals surface area contributed by atoms with Crippen molar-refractivity contribution in [1.82, 2.24) is 4.98 Å². The first-order valence-electron chi connectivity index (χ1n) is 5.29. The maximum atomic E-state index is 11.9. The molecule has 4 nitrogen and oxygen atoms in total. The maximum Gasteiger partial charge on any atom is 0.288 e. The van der Waals surface area contributed by atoms with Crippen LogP contribution >= 0.6 is 0 Å². The summed E-state index contributed by atoms with van der Waals surface area (Å²) in [6.45, 7) is 0. The smallest absolute Gasteiger partial charge is 0.288 e. The van der Waals surface area contributed by atoms with Crippen molar-refractivity contribution in [2.75, 3.05) is 0 Å². The molecule has 4 heteroatoms. The van der Waals surface area contributed by atoms with Crippen LogP contribution in [0.4, 0.5) is 11.4 Å². The fourth-order valence-corrected chi connectivity index (χ4v) is 1.81. The first-order chi connectivity index (χ1) is 8.34. The molecule has 0 unspecified atom stereocenters. The molecule has 82 valence electrons. The molecule has 17 heavy (non-hydrogen) atoms. The monoisotopic (exact) mass is 224 g/mol. The van der Waals surface area contributed by atoms with Gasteiger partial charge in [0.25, 0.3) is 5.69 Å². The number of fused-ring (bicyclic) bond motifs is 2. The van der Waals surface area contributed by atoms with Gasteiger partial charge in [-0.15, -0.1) is 0 Å². The predicted octanol–water partition coefficient (Wildman–Crippen LogP) is 3.36. The van der Waals surface area contributed by atoms with Crippen molar-refractivity contribution < 1.29 is 4.76 Å². The third-order valence-electron chi connectivity index (χ3n) is 2.64. The minimum atomic E-state index is 0.549. The Hall–Kier alpha value is -2.49. The van der Waals surface area contributed by atoms with Gasteiger partial charge in [-0.05, 0) is 12.1 Å². The van der Waals surface area contributed by atoms with Gasteiger partial charge in [-0.3, -0.25) is 0 Å². The highest BCUT2D eigenvalue weighted by Crippen LogP contribution is 2.32. The second-order valence-corrected chi connectivity index (χ2v) is 3.76. The van der Waals surface area contributed by atoms with Crippen molar-refractivity contribution in [1.29, 1.82) is 0 Å². The van der Waals surface area contributed by atoms with Gasteiger partial charge in [-0.2, -0.15) is 0 Å². The number of nitrogens with zero attached hydrogens (tertiary/aromatic N) is 2. The summed E-state index contributed by atoms with van der Waals surface area (Å²) in [6, 6.07) is 3.73. The minimum absolute atomic E-state index is 0.549.